The van der Waals surface area contributed by atoms with E-state index in [0.717, 1.165) is 17.9 Å². The van der Waals surface area contributed by atoms with Crippen molar-refractivity contribution in [3.63, 3.8) is 0 Å². The molecule has 0 fully saturated rings. The summed E-state index contributed by atoms with van der Waals surface area (Å²) < 4.78 is 5.51. The van der Waals surface area contributed by atoms with Crippen LogP contribution in [-0.2, 0) is 6.42 Å². The average molecular weight is 150 g/mol. The number of hydrogen-bond donors (Lipinski definition) is 0. The SMILES string of the molecule is C=CCc1ccc(C(C)C)o1. The second-order valence-corrected chi connectivity index (χ2v) is 2.95. The first-order valence-corrected chi connectivity index (χ1v) is 3.93. The van der Waals surface area contributed by atoms with Gasteiger partial charge in [-0.05, 0) is 12.1 Å². The van der Waals surface area contributed by atoms with Crippen LogP contribution in [0.15, 0.2) is 29.2 Å². The Hall–Kier alpha value is -0.980. The van der Waals surface area contributed by atoms with E-state index in [4.69, 9.17) is 4.42 Å². The van der Waals surface area contributed by atoms with E-state index in [1.165, 1.54) is 0 Å². The second kappa shape index (κ2) is 3.42. The maximum absolute atomic E-state index is 5.51. The fourth-order valence-electron chi connectivity index (χ4n) is 0.957. The molecule has 1 rings (SSSR count). The van der Waals surface area contributed by atoms with Gasteiger partial charge in [-0.1, -0.05) is 19.9 Å². The molecule has 0 radical (unpaired) electrons. The van der Waals surface area contributed by atoms with E-state index < -0.39 is 0 Å². The molecule has 0 aliphatic heterocycles. The van der Waals surface area contributed by atoms with Gasteiger partial charge in [-0.3, -0.25) is 0 Å². The third-order valence-electron chi connectivity index (χ3n) is 1.60. The highest BCUT2D eigenvalue weighted by molar-refractivity contribution is 5.11. The molecule has 0 N–H and O–H groups in total. The standard InChI is InChI=1S/C10H14O/c1-4-5-9-6-7-10(11-9)8(2)3/h4,6-8H,1,5H2,2-3H3. The molecule has 0 atom stereocenters. The summed E-state index contributed by atoms with van der Waals surface area (Å²) >= 11 is 0. The molecule has 1 heterocycles. The van der Waals surface area contributed by atoms with Crippen molar-refractivity contribution < 1.29 is 4.42 Å². The van der Waals surface area contributed by atoms with E-state index in [1.807, 2.05) is 18.2 Å². The maximum atomic E-state index is 5.51. The zero-order chi connectivity index (χ0) is 8.27. The van der Waals surface area contributed by atoms with Crippen molar-refractivity contribution in [2.75, 3.05) is 0 Å². The largest absolute Gasteiger partial charge is 0.465 e. The monoisotopic (exact) mass is 150 g/mol. The molecular weight excluding hydrogens is 136 g/mol. The highest BCUT2D eigenvalue weighted by Gasteiger charge is 2.03. The summed E-state index contributed by atoms with van der Waals surface area (Å²) in [5, 5.41) is 0. The van der Waals surface area contributed by atoms with E-state index in [9.17, 15) is 0 Å². The average Bonchev–Trinajstić information content (AvgIpc) is 2.37. The van der Waals surface area contributed by atoms with E-state index in [0.29, 0.717) is 5.92 Å². The normalized spacial score (nSPS) is 10.5. The predicted molar refractivity (Wildman–Crippen MR) is 46.7 cm³/mol. The van der Waals surface area contributed by atoms with E-state index in [-0.39, 0.29) is 0 Å². The van der Waals surface area contributed by atoms with Gasteiger partial charge in [-0.2, -0.15) is 0 Å². The Bertz CT molecular complexity index is 233. The van der Waals surface area contributed by atoms with Crippen LogP contribution in [0, 0.1) is 0 Å². The van der Waals surface area contributed by atoms with Gasteiger partial charge < -0.3 is 4.42 Å². The lowest BCUT2D eigenvalue weighted by molar-refractivity contribution is 0.456. The fraction of sp³-hybridized carbons (Fsp3) is 0.400. The van der Waals surface area contributed by atoms with Gasteiger partial charge in [0.2, 0.25) is 0 Å². The van der Waals surface area contributed by atoms with Crippen molar-refractivity contribution in [1.29, 1.82) is 0 Å². The quantitative estimate of drug-likeness (QED) is 0.603. The van der Waals surface area contributed by atoms with Gasteiger partial charge in [-0.25, -0.2) is 0 Å². The Balaban J connectivity index is 2.73. The summed E-state index contributed by atoms with van der Waals surface area (Å²) in [5.41, 5.74) is 0. The predicted octanol–water partition coefficient (Wildman–Crippen LogP) is 3.13. The van der Waals surface area contributed by atoms with Crippen LogP contribution in [0.4, 0.5) is 0 Å². The highest BCUT2D eigenvalue weighted by Crippen LogP contribution is 2.17. The summed E-state index contributed by atoms with van der Waals surface area (Å²) in [7, 11) is 0. The fourth-order valence-corrected chi connectivity index (χ4v) is 0.957. The first-order valence-electron chi connectivity index (χ1n) is 3.93. The maximum Gasteiger partial charge on any atom is 0.107 e. The Kier molecular flexibility index (Phi) is 2.53. The molecule has 60 valence electrons. The minimum absolute atomic E-state index is 0.480. The number of allylic oxidation sites excluding steroid dienone is 1. The van der Waals surface area contributed by atoms with Crippen LogP contribution in [-0.4, -0.2) is 0 Å². The van der Waals surface area contributed by atoms with Gasteiger partial charge in [0.1, 0.15) is 11.5 Å². The van der Waals surface area contributed by atoms with Crippen LogP contribution in [0.5, 0.6) is 0 Å². The van der Waals surface area contributed by atoms with Crippen molar-refractivity contribution in [1.82, 2.24) is 0 Å². The minimum Gasteiger partial charge on any atom is -0.465 e. The van der Waals surface area contributed by atoms with Crippen LogP contribution < -0.4 is 0 Å². The molecule has 0 aliphatic carbocycles. The van der Waals surface area contributed by atoms with Gasteiger partial charge >= 0.3 is 0 Å². The van der Waals surface area contributed by atoms with Gasteiger partial charge in [0.05, 0.1) is 0 Å². The van der Waals surface area contributed by atoms with Gasteiger partial charge in [0, 0.05) is 12.3 Å². The van der Waals surface area contributed by atoms with Crippen molar-refractivity contribution in [3.05, 3.63) is 36.3 Å². The van der Waals surface area contributed by atoms with Gasteiger partial charge in [-0.15, -0.1) is 6.58 Å². The molecule has 0 aliphatic rings. The molecule has 1 aromatic rings. The second-order valence-electron chi connectivity index (χ2n) is 2.95. The van der Waals surface area contributed by atoms with Crippen LogP contribution in [0.3, 0.4) is 0 Å². The lowest BCUT2D eigenvalue weighted by atomic mass is 10.2. The van der Waals surface area contributed by atoms with E-state index in [2.05, 4.69) is 20.4 Å². The molecule has 0 bridgehead atoms. The highest BCUT2D eigenvalue weighted by atomic mass is 16.3. The van der Waals surface area contributed by atoms with Gasteiger partial charge in [0.25, 0.3) is 0 Å². The molecule has 0 saturated heterocycles. The molecule has 1 heteroatoms. The third kappa shape index (κ3) is 1.97. The summed E-state index contributed by atoms with van der Waals surface area (Å²) in [6.07, 6.45) is 2.68. The molecular formula is C10H14O. The third-order valence-corrected chi connectivity index (χ3v) is 1.60. The molecule has 0 amide bonds. The Morgan fingerprint density at radius 1 is 1.55 bits per heavy atom. The minimum atomic E-state index is 0.480. The first kappa shape index (κ1) is 8.12. The summed E-state index contributed by atoms with van der Waals surface area (Å²) in [6, 6.07) is 4.04. The van der Waals surface area contributed by atoms with Crippen LogP contribution in [0.1, 0.15) is 31.3 Å². The number of rotatable bonds is 3. The molecule has 0 aromatic carbocycles. The van der Waals surface area contributed by atoms with Crippen LogP contribution >= 0.6 is 0 Å². The van der Waals surface area contributed by atoms with Gasteiger partial charge in [0.15, 0.2) is 0 Å². The number of hydrogen-bond acceptors (Lipinski definition) is 1. The van der Waals surface area contributed by atoms with Crippen LogP contribution in [0.25, 0.3) is 0 Å². The Morgan fingerprint density at radius 2 is 2.27 bits per heavy atom. The summed E-state index contributed by atoms with van der Waals surface area (Å²) in [4.78, 5) is 0. The lowest BCUT2D eigenvalue weighted by Crippen LogP contribution is -1.81. The molecule has 0 unspecified atom stereocenters. The molecule has 0 spiro atoms. The van der Waals surface area contributed by atoms with Crippen molar-refractivity contribution in [3.8, 4) is 0 Å². The van der Waals surface area contributed by atoms with Crippen LogP contribution in [0.2, 0.25) is 0 Å². The smallest absolute Gasteiger partial charge is 0.107 e. The summed E-state index contributed by atoms with van der Waals surface area (Å²) in [6.45, 7) is 7.89. The molecule has 0 saturated carbocycles. The van der Waals surface area contributed by atoms with E-state index >= 15 is 0 Å². The first-order chi connectivity index (χ1) is 5.24. The summed E-state index contributed by atoms with van der Waals surface area (Å²) in [5.74, 6) is 2.54. The molecule has 11 heavy (non-hydrogen) atoms. The van der Waals surface area contributed by atoms with Crippen molar-refractivity contribution >= 4 is 0 Å². The Labute approximate surface area is 67.7 Å². The topological polar surface area (TPSA) is 13.1 Å². The zero-order valence-electron chi connectivity index (χ0n) is 7.13. The van der Waals surface area contributed by atoms with Crippen molar-refractivity contribution in [2.24, 2.45) is 0 Å². The number of furan rings is 1. The van der Waals surface area contributed by atoms with Crippen molar-refractivity contribution in [2.45, 2.75) is 26.2 Å². The molecule has 1 nitrogen and oxygen atoms in total. The Morgan fingerprint density at radius 3 is 2.73 bits per heavy atom. The molecule has 1 aromatic heterocycles. The lowest BCUT2D eigenvalue weighted by Gasteiger charge is -1.97. The zero-order valence-corrected chi connectivity index (χ0v) is 7.13. The van der Waals surface area contributed by atoms with E-state index in [1.54, 1.807) is 0 Å².